The maximum Gasteiger partial charge on any atom is 0.258 e. The number of nitrogens with zero attached hydrogens (tertiary/aromatic N) is 4. The molecule has 0 N–H and O–H groups in total. The van der Waals surface area contributed by atoms with Gasteiger partial charge in [-0.1, -0.05) is 23.7 Å². The molecular formula is C19H19ClN4O2. The molecule has 0 aliphatic carbocycles. The molecular weight excluding hydrogens is 352 g/mol. The molecule has 0 unspecified atom stereocenters. The number of carbonyl (C=O) groups excluding carboxylic acids is 1. The zero-order valence-corrected chi connectivity index (χ0v) is 15.7. The number of hydrogen-bond acceptors (Lipinski definition) is 4. The summed E-state index contributed by atoms with van der Waals surface area (Å²) in [4.78, 5) is 19.4. The molecule has 0 fully saturated rings. The van der Waals surface area contributed by atoms with E-state index < -0.39 is 0 Å². The van der Waals surface area contributed by atoms with Gasteiger partial charge in [0, 0.05) is 5.56 Å². The third-order valence-corrected chi connectivity index (χ3v) is 5.21. The van der Waals surface area contributed by atoms with Crippen molar-refractivity contribution >= 4 is 23.2 Å². The van der Waals surface area contributed by atoms with E-state index in [0.29, 0.717) is 36.0 Å². The first-order chi connectivity index (χ1) is 12.5. The number of aryl methyl sites for hydroxylation is 2. The minimum absolute atomic E-state index is 0.0624. The van der Waals surface area contributed by atoms with Crippen LogP contribution in [0.4, 0.5) is 0 Å². The van der Waals surface area contributed by atoms with Crippen molar-refractivity contribution in [3.63, 3.8) is 0 Å². The molecule has 4 rings (SSSR count). The summed E-state index contributed by atoms with van der Waals surface area (Å²) in [6.45, 7) is 7.15. The van der Waals surface area contributed by atoms with Gasteiger partial charge < -0.3 is 9.64 Å². The molecule has 6 nitrogen and oxygen atoms in total. The number of rotatable bonds is 3. The molecule has 0 spiro atoms. The van der Waals surface area contributed by atoms with E-state index in [-0.39, 0.29) is 5.91 Å². The van der Waals surface area contributed by atoms with Gasteiger partial charge in [-0.15, -0.1) is 0 Å². The van der Waals surface area contributed by atoms with E-state index >= 15 is 0 Å². The summed E-state index contributed by atoms with van der Waals surface area (Å²) >= 11 is 6.28. The number of fused-ring (bicyclic) bond motifs is 3. The molecule has 0 atom stereocenters. The summed E-state index contributed by atoms with van der Waals surface area (Å²) in [5.74, 6) is 0.544. The Morgan fingerprint density at radius 3 is 2.81 bits per heavy atom. The summed E-state index contributed by atoms with van der Waals surface area (Å²) in [5, 5.41) is 5.25. The zero-order valence-electron chi connectivity index (χ0n) is 14.9. The van der Waals surface area contributed by atoms with Crippen molar-refractivity contribution in [1.82, 2.24) is 19.5 Å². The van der Waals surface area contributed by atoms with Gasteiger partial charge in [-0.3, -0.25) is 4.79 Å². The van der Waals surface area contributed by atoms with Crippen molar-refractivity contribution in [3.05, 3.63) is 57.5 Å². The Bertz CT molecular complexity index is 1030. The fraction of sp³-hybridized carbons (Fsp3) is 0.316. The highest BCUT2D eigenvalue weighted by Crippen LogP contribution is 2.31. The minimum atomic E-state index is -0.0624. The monoisotopic (exact) mass is 370 g/mol. The zero-order chi connectivity index (χ0) is 18.4. The van der Waals surface area contributed by atoms with Gasteiger partial charge in [-0.25, -0.2) is 9.50 Å². The third kappa shape index (κ3) is 2.52. The quantitative estimate of drug-likeness (QED) is 0.707. The van der Waals surface area contributed by atoms with Gasteiger partial charge >= 0.3 is 0 Å². The molecule has 1 aromatic carbocycles. The average Bonchev–Trinajstić information content (AvgIpc) is 3.19. The lowest BCUT2D eigenvalue weighted by atomic mass is 10.1. The van der Waals surface area contributed by atoms with Gasteiger partial charge in [-0.05, 0) is 32.9 Å². The lowest BCUT2D eigenvalue weighted by molar-refractivity contribution is 0.0745. The van der Waals surface area contributed by atoms with Crippen LogP contribution in [0.25, 0.3) is 5.65 Å². The minimum Gasteiger partial charge on any atom is -0.493 e. The van der Waals surface area contributed by atoms with Crippen LogP contribution >= 0.6 is 11.6 Å². The first-order valence-corrected chi connectivity index (χ1v) is 8.93. The average molecular weight is 371 g/mol. The van der Waals surface area contributed by atoms with Crippen LogP contribution < -0.4 is 4.74 Å². The van der Waals surface area contributed by atoms with E-state index in [0.717, 1.165) is 28.3 Å². The van der Waals surface area contributed by atoms with Crippen LogP contribution in [0.1, 0.15) is 39.9 Å². The van der Waals surface area contributed by atoms with Crippen LogP contribution in [0.5, 0.6) is 5.75 Å². The van der Waals surface area contributed by atoms with Gasteiger partial charge in [0.15, 0.2) is 5.65 Å². The molecule has 3 aromatic rings. The molecule has 2 aromatic heterocycles. The first-order valence-electron chi connectivity index (χ1n) is 8.55. The predicted molar refractivity (Wildman–Crippen MR) is 98.7 cm³/mol. The number of benzene rings is 1. The van der Waals surface area contributed by atoms with Gasteiger partial charge in [0.05, 0.1) is 47.4 Å². The Labute approximate surface area is 156 Å². The second-order valence-electron chi connectivity index (χ2n) is 6.35. The summed E-state index contributed by atoms with van der Waals surface area (Å²) in [6, 6.07) is 7.33. The molecule has 1 aliphatic heterocycles. The van der Waals surface area contributed by atoms with E-state index in [2.05, 4.69) is 10.1 Å². The van der Waals surface area contributed by atoms with Crippen LogP contribution in [-0.2, 0) is 13.1 Å². The topological polar surface area (TPSA) is 59.7 Å². The van der Waals surface area contributed by atoms with Crippen molar-refractivity contribution in [3.8, 4) is 5.75 Å². The Kier molecular flexibility index (Phi) is 4.07. The number of halogens is 1. The standard InChI is InChI=1S/C19H19ClN4O2/c1-4-26-16-8-6-5-7-13(16)19(25)23-9-14-15(10-23)22-24-12(3)17(20)11(2)21-18(14)24/h5-8H,4,9-10H2,1-3H3. The molecule has 1 amide bonds. The Hall–Kier alpha value is -2.60. The van der Waals surface area contributed by atoms with Crippen LogP contribution in [0, 0.1) is 13.8 Å². The van der Waals surface area contributed by atoms with E-state index in [1.807, 2.05) is 39.0 Å². The number of carbonyl (C=O) groups is 1. The summed E-state index contributed by atoms with van der Waals surface area (Å²) < 4.78 is 7.37. The first kappa shape index (κ1) is 16.8. The Morgan fingerprint density at radius 2 is 2.04 bits per heavy atom. The predicted octanol–water partition coefficient (Wildman–Crippen LogP) is 3.55. The molecule has 7 heteroatoms. The second-order valence-corrected chi connectivity index (χ2v) is 6.73. The number of para-hydroxylation sites is 1. The van der Waals surface area contributed by atoms with Gasteiger partial charge in [-0.2, -0.15) is 5.10 Å². The largest absolute Gasteiger partial charge is 0.493 e. The molecule has 0 saturated heterocycles. The van der Waals surface area contributed by atoms with Gasteiger partial charge in [0.1, 0.15) is 5.75 Å². The Morgan fingerprint density at radius 1 is 1.27 bits per heavy atom. The number of aromatic nitrogens is 3. The molecule has 0 saturated carbocycles. The normalized spacial score (nSPS) is 13.3. The van der Waals surface area contributed by atoms with Crippen molar-refractivity contribution in [2.24, 2.45) is 0 Å². The highest BCUT2D eigenvalue weighted by atomic mass is 35.5. The van der Waals surface area contributed by atoms with E-state index in [1.165, 1.54) is 0 Å². The van der Waals surface area contributed by atoms with Crippen LogP contribution in [-0.4, -0.2) is 32.0 Å². The molecule has 1 aliphatic rings. The van der Waals surface area contributed by atoms with Gasteiger partial charge in [0.25, 0.3) is 5.91 Å². The highest BCUT2D eigenvalue weighted by Gasteiger charge is 2.31. The van der Waals surface area contributed by atoms with Crippen molar-refractivity contribution in [2.45, 2.75) is 33.9 Å². The maximum atomic E-state index is 13.0. The molecule has 0 bridgehead atoms. The molecule has 0 radical (unpaired) electrons. The fourth-order valence-electron chi connectivity index (χ4n) is 3.35. The van der Waals surface area contributed by atoms with Crippen LogP contribution in [0.15, 0.2) is 24.3 Å². The van der Waals surface area contributed by atoms with Crippen molar-refractivity contribution in [2.75, 3.05) is 6.61 Å². The molecule has 26 heavy (non-hydrogen) atoms. The maximum absolute atomic E-state index is 13.0. The SMILES string of the molecule is CCOc1ccccc1C(=O)N1Cc2nn3c(C)c(Cl)c(C)nc3c2C1. The summed E-state index contributed by atoms with van der Waals surface area (Å²) in [5.41, 5.74) is 4.82. The van der Waals surface area contributed by atoms with Crippen molar-refractivity contribution in [1.29, 1.82) is 0 Å². The van der Waals surface area contributed by atoms with Crippen LogP contribution in [0.3, 0.4) is 0 Å². The van der Waals surface area contributed by atoms with Gasteiger partial charge in [0.2, 0.25) is 0 Å². The van der Waals surface area contributed by atoms with E-state index in [4.69, 9.17) is 16.3 Å². The third-order valence-electron chi connectivity index (χ3n) is 4.66. The molecule has 3 heterocycles. The fourth-order valence-corrected chi connectivity index (χ4v) is 3.47. The Balaban J connectivity index is 1.68. The second kappa shape index (κ2) is 6.29. The summed E-state index contributed by atoms with van der Waals surface area (Å²) in [7, 11) is 0. The molecule has 134 valence electrons. The van der Waals surface area contributed by atoms with E-state index in [9.17, 15) is 4.79 Å². The summed E-state index contributed by atoms with van der Waals surface area (Å²) in [6.07, 6.45) is 0. The number of ether oxygens (including phenoxy) is 1. The van der Waals surface area contributed by atoms with E-state index in [1.54, 1.807) is 15.5 Å². The number of hydrogen-bond donors (Lipinski definition) is 0. The number of amides is 1. The lowest BCUT2D eigenvalue weighted by Crippen LogP contribution is -2.26. The lowest BCUT2D eigenvalue weighted by Gasteiger charge is -2.18. The van der Waals surface area contributed by atoms with Crippen LogP contribution in [0.2, 0.25) is 5.02 Å². The highest BCUT2D eigenvalue weighted by molar-refractivity contribution is 6.31. The van der Waals surface area contributed by atoms with Crippen molar-refractivity contribution < 1.29 is 9.53 Å². The smallest absolute Gasteiger partial charge is 0.258 e.